The minimum atomic E-state index is -0.721. The minimum absolute atomic E-state index is 0.382. The third-order valence-electron chi connectivity index (χ3n) is 6.80. The predicted octanol–water partition coefficient (Wildman–Crippen LogP) is 7.93. The molecule has 0 amide bonds. The lowest BCUT2D eigenvalue weighted by Gasteiger charge is -2.27. The summed E-state index contributed by atoms with van der Waals surface area (Å²) in [7, 11) is 0. The summed E-state index contributed by atoms with van der Waals surface area (Å²) in [6.45, 7) is 5.78. The van der Waals surface area contributed by atoms with Gasteiger partial charge in [0.1, 0.15) is 0 Å². The van der Waals surface area contributed by atoms with Crippen LogP contribution in [0.4, 0.5) is 8.78 Å². The molecule has 0 unspecified atom stereocenters. The maximum Gasteiger partial charge on any atom is 0.166 e. The zero-order valence-electron chi connectivity index (χ0n) is 17.8. The number of halogens is 2. The van der Waals surface area contributed by atoms with Crippen molar-refractivity contribution in [3.8, 4) is 0 Å². The molecule has 0 aromatic heterocycles. The highest BCUT2D eigenvalue weighted by Crippen LogP contribution is 2.36. The fourth-order valence-electron chi connectivity index (χ4n) is 4.78. The highest BCUT2D eigenvalue weighted by atomic mass is 19.2. The van der Waals surface area contributed by atoms with E-state index in [1.165, 1.54) is 36.8 Å². The Labute approximate surface area is 178 Å². The van der Waals surface area contributed by atoms with Crippen LogP contribution in [0.25, 0.3) is 10.8 Å². The molecule has 0 spiro atoms. The average molecular weight is 405 g/mol. The van der Waals surface area contributed by atoms with Crippen molar-refractivity contribution >= 4 is 10.8 Å². The molecule has 156 valence electrons. The smallest absolute Gasteiger partial charge is 0.166 e. The molecule has 0 aliphatic heterocycles. The van der Waals surface area contributed by atoms with Gasteiger partial charge in [-0.3, -0.25) is 0 Å². The number of hydrogen-bond acceptors (Lipinski definition) is 0. The first-order valence-electron chi connectivity index (χ1n) is 11.2. The molecule has 1 aliphatic carbocycles. The van der Waals surface area contributed by atoms with E-state index in [-0.39, 0.29) is 0 Å². The van der Waals surface area contributed by atoms with E-state index in [0.29, 0.717) is 29.2 Å². The van der Waals surface area contributed by atoms with E-state index < -0.39 is 11.6 Å². The monoisotopic (exact) mass is 404 g/mol. The Bertz CT molecular complexity index is 1020. The molecule has 0 atom stereocenters. The summed E-state index contributed by atoms with van der Waals surface area (Å²) >= 11 is 0. The summed E-state index contributed by atoms with van der Waals surface area (Å²) < 4.78 is 28.6. The fourth-order valence-corrected chi connectivity index (χ4v) is 4.78. The van der Waals surface area contributed by atoms with Crippen LogP contribution in [-0.2, 0) is 19.3 Å². The van der Waals surface area contributed by atoms with Crippen molar-refractivity contribution in [3.05, 3.63) is 95.1 Å². The number of allylic oxidation sites excluding steroid dienone is 1. The molecular formula is C28H30F2. The quantitative estimate of drug-likeness (QED) is 0.366. The van der Waals surface area contributed by atoms with Crippen LogP contribution in [0.1, 0.15) is 60.8 Å². The van der Waals surface area contributed by atoms with Crippen molar-refractivity contribution in [3.63, 3.8) is 0 Å². The van der Waals surface area contributed by atoms with Gasteiger partial charge >= 0.3 is 0 Å². The number of rotatable bonds is 6. The summed E-state index contributed by atoms with van der Waals surface area (Å²) in [5.41, 5.74) is 4.20. The standard InChI is InChI=1S/C28H30F2/c1-3-19-7-12-23(13-8-19)24-14-9-20(10-15-24)5-6-21-11-16-25-18-22(4-2)27(29)28(30)26(25)17-21/h3,9-11,14-19,23H,1,4-8,12-13H2,2H3. The first-order valence-corrected chi connectivity index (χ1v) is 11.2. The van der Waals surface area contributed by atoms with Crippen LogP contribution in [-0.4, -0.2) is 0 Å². The number of aryl methyl sites for hydroxylation is 3. The lowest BCUT2D eigenvalue weighted by molar-refractivity contribution is 0.376. The molecule has 0 nitrogen and oxygen atoms in total. The second kappa shape index (κ2) is 9.12. The fraction of sp³-hybridized carbons (Fsp3) is 0.357. The van der Waals surface area contributed by atoms with Crippen LogP contribution in [0.15, 0.2) is 61.2 Å². The Morgan fingerprint density at radius 2 is 1.53 bits per heavy atom. The van der Waals surface area contributed by atoms with E-state index in [1.807, 2.05) is 19.1 Å². The zero-order chi connectivity index (χ0) is 21.1. The van der Waals surface area contributed by atoms with E-state index >= 15 is 0 Å². The minimum Gasteiger partial charge on any atom is -0.203 e. The van der Waals surface area contributed by atoms with Gasteiger partial charge in [0.25, 0.3) is 0 Å². The average Bonchev–Trinajstić information content (AvgIpc) is 2.80. The molecule has 0 N–H and O–H groups in total. The van der Waals surface area contributed by atoms with Crippen LogP contribution in [0, 0.1) is 17.6 Å². The maximum absolute atomic E-state index is 14.5. The number of fused-ring (bicyclic) bond motifs is 1. The van der Waals surface area contributed by atoms with Gasteiger partial charge in [0.15, 0.2) is 11.6 Å². The van der Waals surface area contributed by atoms with Gasteiger partial charge in [-0.25, -0.2) is 8.78 Å². The van der Waals surface area contributed by atoms with Gasteiger partial charge in [-0.15, -0.1) is 6.58 Å². The van der Waals surface area contributed by atoms with Gasteiger partial charge < -0.3 is 0 Å². The Hall–Kier alpha value is -2.48. The molecule has 0 heterocycles. The summed E-state index contributed by atoms with van der Waals surface area (Å²) in [6.07, 6.45) is 9.29. The first kappa shape index (κ1) is 20.8. The summed E-state index contributed by atoms with van der Waals surface area (Å²) in [5.74, 6) is -0.0717. The largest absolute Gasteiger partial charge is 0.203 e. The third-order valence-corrected chi connectivity index (χ3v) is 6.80. The molecule has 1 fully saturated rings. The number of hydrogen-bond donors (Lipinski definition) is 0. The topological polar surface area (TPSA) is 0 Å². The van der Waals surface area contributed by atoms with Crippen LogP contribution < -0.4 is 0 Å². The summed E-state index contributed by atoms with van der Waals surface area (Å²) in [6, 6.07) is 16.5. The molecule has 1 saturated carbocycles. The Morgan fingerprint density at radius 3 is 2.20 bits per heavy atom. The van der Waals surface area contributed by atoms with Gasteiger partial charge in [0.05, 0.1) is 0 Å². The van der Waals surface area contributed by atoms with E-state index in [4.69, 9.17) is 0 Å². The van der Waals surface area contributed by atoms with E-state index in [2.05, 4.69) is 36.9 Å². The molecule has 2 heteroatoms. The molecule has 0 bridgehead atoms. The molecule has 0 saturated heterocycles. The summed E-state index contributed by atoms with van der Waals surface area (Å²) in [4.78, 5) is 0. The van der Waals surface area contributed by atoms with Gasteiger partial charge in [0, 0.05) is 5.39 Å². The second-order valence-corrected chi connectivity index (χ2v) is 8.66. The Kier molecular flexibility index (Phi) is 6.32. The van der Waals surface area contributed by atoms with Gasteiger partial charge in [-0.2, -0.15) is 0 Å². The molecule has 3 aromatic carbocycles. The molecular weight excluding hydrogens is 374 g/mol. The normalized spacial score (nSPS) is 19.2. The number of benzene rings is 3. The van der Waals surface area contributed by atoms with Crippen molar-refractivity contribution in [1.29, 1.82) is 0 Å². The molecule has 1 aliphatic rings. The van der Waals surface area contributed by atoms with Crippen molar-refractivity contribution in [1.82, 2.24) is 0 Å². The van der Waals surface area contributed by atoms with E-state index in [9.17, 15) is 8.78 Å². The SMILES string of the molecule is C=CC1CCC(c2ccc(CCc3ccc4cc(CC)c(F)c(F)c4c3)cc2)CC1. The molecule has 4 rings (SSSR count). The first-order chi connectivity index (χ1) is 14.6. The second-order valence-electron chi connectivity index (χ2n) is 8.66. The third kappa shape index (κ3) is 4.33. The highest BCUT2D eigenvalue weighted by Gasteiger charge is 2.20. The van der Waals surface area contributed by atoms with Gasteiger partial charge in [-0.05, 0) is 96.6 Å². The van der Waals surface area contributed by atoms with Crippen molar-refractivity contribution in [2.75, 3.05) is 0 Å². The zero-order valence-corrected chi connectivity index (χ0v) is 17.8. The van der Waals surface area contributed by atoms with Crippen molar-refractivity contribution in [2.24, 2.45) is 5.92 Å². The van der Waals surface area contributed by atoms with Crippen LogP contribution >= 0.6 is 0 Å². The predicted molar refractivity (Wildman–Crippen MR) is 122 cm³/mol. The maximum atomic E-state index is 14.5. The van der Waals surface area contributed by atoms with Crippen LogP contribution in [0.3, 0.4) is 0 Å². The Morgan fingerprint density at radius 1 is 0.867 bits per heavy atom. The lowest BCUT2D eigenvalue weighted by atomic mass is 9.78. The Balaban J connectivity index is 1.42. The van der Waals surface area contributed by atoms with Crippen molar-refractivity contribution in [2.45, 2.75) is 57.8 Å². The van der Waals surface area contributed by atoms with Crippen LogP contribution in [0.5, 0.6) is 0 Å². The van der Waals surface area contributed by atoms with Gasteiger partial charge in [0.2, 0.25) is 0 Å². The summed E-state index contributed by atoms with van der Waals surface area (Å²) in [5, 5.41) is 1.15. The van der Waals surface area contributed by atoms with Crippen molar-refractivity contribution < 1.29 is 8.78 Å². The lowest BCUT2D eigenvalue weighted by Crippen LogP contribution is -2.11. The van der Waals surface area contributed by atoms with Gasteiger partial charge in [-0.1, -0.05) is 49.4 Å². The van der Waals surface area contributed by atoms with E-state index in [0.717, 1.165) is 23.8 Å². The molecule has 30 heavy (non-hydrogen) atoms. The van der Waals surface area contributed by atoms with E-state index in [1.54, 1.807) is 12.1 Å². The molecule has 0 radical (unpaired) electrons. The van der Waals surface area contributed by atoms with Crippen LogP contribution in [0.2, 0.25) is 0 Å². The highest BCUT2D eigenvalue weighted by molar-refractivity contribution is 5.84. The molecule has 3 aromatic rings.